The minimum Gasteiger partial charge on any atom is -0.502 e. The first-order valence-corrected chi connectivity index (χ1v) is 5.50. The van der Waals surface area contributed by atoms with Gasteiger partial charge in [-0.05, 0) is 6.07 Å². The molecule has 0 aliphatic rings. The van der Waals surface area contributed by atoms with Crippen LogP contribution >= 0.6 is 15.9 Å². The van der Waals surface area contributed by atoms with Crippen LogP contribution in [0.1, 0.15) is 19.4 Å². The van der Waals surface area contributed by atoms with Crippen LogP contribution in [0.2, 0.25) is 0 Å². The number of aliphatic hydroxyl groups excluding tert-OH is 1. The minimum atomic E-state index is -0.785. The van der Waals surface area contributed by atoms with E-state index >= 15 is 0 Å². The van der Waals surface area contributed by atoms with Crippen LogP contribution in [0.25, 0.3) is 0 Å². The van der Waals surface area contributed by atoms with Crippen LogP contribution in [0.4, 0.5) is 4.39 Å². The number of methoxy groups -OCH3 is 1. The summed E-state index contributed by atoms with van der Waals surface area (Å²) in [6.45, 7) is 3.14. The summed E-state index contributed by atoms with van der Waals surface area (Å²) < 4.78 is 19.2. The molecule has 5 heteroatoms. The number of rotatable bonds is 3. The molecule has 1 aromatic rings. The maximum atomic E-state index is 13.9. The van der Waals surface area contributed by atoms with E-state index in [9.17, 15) is 14.6 Å². The van der Waals surface area contributed by atoms with Crippen LogP contribution in [0, 0.1) is 5.82 Å². The van der Waals surface area contributed by atoms with E-state index in [4.69, 9.17) is 4.74 Å². The summed E-state index contributed by atoms with van der Waals surface area (Å²) in [6, 6.07) is 1.48. The van der Waals surface area contributed by atoms with Crippen LogP contribution in [0.5, 0.6) is 11.5 Å². The molecule has 0 spiro atoms. The molecule has 0 aromatic heterocycles. The second-order valence-electron chi connectivity index (χ2n) is 4.14. The van der Waals surface area contributed by atoms with Crippen molar-refractivity contribution >= 4 is 15.9 Å². The predicted molar refractivity (Wildman–Crippen MR) is 62.4 cm³/mol. The van der Waals surface area contributed by atoms with Crippen LogP contribution in [-0.4, -0.2) is 23.9 Å². The second-order valence-corrected chi connectivity index (χ2v) is 4.99. The van der Waals surface area contributed by atoms with E-state index in [1.807, 2.05) is 0 Å². The minimum absolute atomic E-state index is 0.0573. The predicted octanol–water partition coefficient (Wildman–Crippen LogP) is 2.57. The molecule has 0 aliphatic carbocycles. The normalized spacial score (nSPS) is 11.6. The average molecular weight is 293 g/mol. The number of aromatic hydroxyl groups is 1. The molecule has 0 radical (unpaired) electrons. The quantitative estimate of drug-likeness (QED) is 0.900. The number of phenols is 1. The summed E-state index contributed by atoms with van der Waals surface area (Å²) in [5, 5.41) is 18.8. The monoisotopic (exact) mass is 292 g/mol. The second kappa shape index (κ2) is 4.59. The Bertz CT molecular complexity index is 405. The van der Waals surface area contributed by atoms with Gasteiger partial charge in [0.15, 0.2) is 17.3 Å². The smallest absolute Gasteiger partial charge is 0.194 e. The van der Waals surface area contributed by atoms with Crippen molar-refractivity contribution < 1.29 is 19.3 Å². The standard InChI is InChI=1S/C11H14BrFO3/c1-11(2,5-14)8-6(12)4-7(16-3)10(15)9(8)13/h4,14-15H,5H2,1-3H3. The number of halogens is 2. The highest BCUT2D eigenvalue weighted by Gasteiger charge is 2.29. The van der Waals surface area contributed by atoms with Crippen molar-refractivity contribution in [2.75, 3.05) is 13.7 Å². The fourth-order valence-electron chi connectivity index (χ4n) is 1.44. The third kappa shape index (κ3) is 2.15. The molecule has 0 heterocycles. The molecule has 2 N–H and O–H groups in total. The first-order valence-electron chi connectivity index (χ1n) is 4.71. The molecule has 3 nitrogen and oxygen atoms in total. The van der Waals surface area contributed by atoms with Gasteiger partial charge in [0.05, 0.1) is 13.7 Å². The van der Waals surface area contributed by atoms with Gasteiger partial charge in [-0.25, -0.2) is 4.39 Å². The summed E-state index contributed by atoms with van der Waals surface area (Å²) in [4.78, 5) is 0. The van der Waals surface area contributed by atoms with Crippen LogP contribution in [-0.2, 0) is 5.41 Å². The van der Waals surface area contributed by atoms with Gasteiger partial charge < -0.3 is 14.9 Å². The van der Waals surface area contributed by atoms with Gasteiger partial charge in [0.25, 0.3) is 0 Å². The third-order valence-electron chi connectivity index (χ3n) is 2.45. The zero-order valence-electron chi connectivity index (χ0n) is 9.34. The number of hydrogen-bond acceptors (Lipinski definition) is 3. The van der Waals surface area contributed by atoms with Crippen molar-refractivity contribution in [2.45, 2.75) is 19.3 Å². The highest BCUT2D eigenvalue weighted by atomic mass is 79.9. The van der Waals surface area contributed by atoms with Crippen LogP contribution in [0.15, 0.2) is 10.5 Å². The SMILES string of the molecule is COc1cc(Br)c(C(C)(C)CO)c(F)c1O. The molecule has 0 bridgehead atoms. The molecule has 90 valence electrons. The highest BCUT2D eigenvalue weighted by molar-refractivity contribution is 9.10. The van der Waals surface area contributed by atoms with Crippen molar-refractivity contribution in [3.05, 3.63) is 21.9 Å². The molecule has 0 aliphatic heterocycles. The number of benzene rings is 1. The Morgan fingerprint density at radius 1 is 1.50 bits per heavy atom. The molecule has 0 saturated heterocycles. The molecule has 0 unspecified atom stereocenters. The van der Waals surface area contributed by atoms with Gasteiger partial charge >= 0.3 is 0 Å². The van der Waals surface area contributed by atoms with Gasteiger partial charge in [0.1, 0.15) is 0 Å². The first-order chi connectivity index (χ1) is 7.35. The molecule has 0 saturated carbocycles. The molecule has 0 amide bonds. The van der Waals surface area contributed by atoms with E-state index in [2.05, 4.69) is 15.9 Å². The molecule has 1 aromatic carbocycles. The maximum absolute atomic E-state index is 13.9. The number of phenolic OH excluding ortho intramolecular Hbond substituents is 1. The van der Waals surface area contributed by atoms with E-state index in [1.165, 1.54) is 13.2 Å². The summed E-state index contributed by atoms with van der Waals surface area (Å²) in [5.74, 6) is -1.26. The Hall–Kier alpha value is -0.810. The topological polar surface area (TPSA) is 49.7 Å². The molecule has 1 rings (SSSR count). The first kappa shape index (κ1) is 13.3. The molecule has 0 atom stereocenters. The number of hydrogen-bond donors (Lipinski definition) is 2. The van der Waals surface area contributed by atoms with E-state index in [0.29, 0.717) is 4.47 Å². The summed E-state index contributed by atoms with van der Waals surface area (Å²) in [5.41, 5.74) is -0.555. The average Bonchev–Trinajstić information content (AvgIpc) is 2.23. The zero-order valence-corrected chi connectivity index (χ0v) is 10.9. The lowest BCUT2D eigenvalue weighted by Crippen LogP contribution is -2.24. The molecule has 0 fully saturated rings. The molecular formula is C11H14BrFO3. The Balaban J connectivity index is 3.48. The lowest BCUT2D eigenvalue weighted by Gasteiger charge is -2.25. The Labute approximate surface area is 102 Å². The van der Waals surface area contributed by atoms with Gasteiger partial charge in [-0.1, -0.05) is 29.8 Å². The Kier molecular flexibility index (Phi) is 3.80. The fraction of sp³-hybridized carbons (Fsp3) is 0.455. The van der Waals surface area contributed by atoms with Gasteiger partial charge in [-0.3, -0.25) is 0 Å². The van der Waals surface area contributed by atoms with Crippen molar-refractivity contribution in [1.29, 1.82) is 0 Å². The van der Waals surface area contributed by atoms with Gasteiger partial charge in [0.2, 0.25) is 0 Å². The van der Waals surface area contributed by atoms with Gasteiger partial charge in [0, 0.05) is 15.5 Å². The Morgan fingerprint density at radius 2 is 2.06 bits per heavy atom. The van der Waals surface area contributed by atoms with Crippen LogP contribution in [0.3, 0.4) is 0 Å². The Morgan fingerprint density at radius 3 is 2.50 bits per heavy atom. The lowest BCUT2D eigenvalue weighted by atomic mass is 9.85. The van der Waals surface area contributed by atoms with E-state index in [-0.39, 0.29) is 17.9 Å². The van der Waals surface area contributed by atoms with Crippen LogP contribution < -0.4 is 4.74 Å². The molecule has 16 heavy (non-hydrogen) atoms. The summed E-state index contributed by atoms with van der Waals surface area (Å²) >= 11 is 3.21. The number of aliphatic hydroxyl groups is 1. The highest BCUT2D eigenvalue weighted by Crippen LogP contribution is 2.41. The molecular weight excluding hydrogens is 279 g/mol. The lowest BCUT2D eigenvalue weighted by molar-refractivity contribution is 0.213. The summed E-state index contributed by atoms with van der Waals surface area (Å²) in [7, 11) is 1.35. The number of ether oxygens (including phenoxy) is 1. The van der Waals surface area contributed by atoms with E-state index in [0.717, 1.165) is 0 Å². The van der Waals surface area contributed by atoms with E-state index in [1.54, 1.807) is 13.8 Å². The van der Waals surface area contributed by atoms with Crippen molar-refractivity contribution in [3.8, 4) is 11.5 Å². The summed E-state index contributed by atoms with van der Waals surface area (Å²) in [6.07, 6.45) is 0. The van der Waals surface area contributed by atoms with Crippen molar-refractivity contribution in [1.82, 2.24) is 0 Å². The van der Waals surface area contributed by atoms with Gasteiger partial charge in [-0.2, -0.15) is 0 Å². The van der Waals surface area contributed by atoms with E-state index < -0.39 is 17.0 Å². The van der Waals surface area contributed by atoms with Crippen molar-refractivity contribution in [2.24, 2.45) is 0 Å². The largest absolute Gasteiger partial charge is 0.502 e. The maximum Gasteiger partial charge on any atom is 0.194 e. The van der Waals surface area contributed by atoms with Gasteiger partial charge in [-0.15, -0.1) is 0 Å². The zero-order chi connectivity index (χ0) is 12.5. The third-order valence-corrected chi connectivity index (χ3v) is 3.07. The van der Waals surface area contributed by atoms with Crippen molar-refractivity contribution in [3.63, 3.8) is 0 Å². The fourth-order valence-corrected chi connectivity index (χ4v) is 2.36.